The van der Waals surface area contributed by atoms with Crippen LogP contribution < -0.4 is 5.32 Å². The summed E-state index contributed by atoms with van der Waals surface area (Å²) in [5.41, 5.74) is 2.28. The van der Waals surface area contributed by atoms with E-state index in [0.717, 1.165) is 16.1 Å². The van der Waals surface area contributed by atoms with Crippen LogP contribution in [0, 0.1) is 0 Å². The molecule has 7 heteroatoms. The van der Waals surface area contributed by atoms with E-state index in [1.165, 1.54) is 24.2 Å². The van der Waals surface area contributed by atoms with E-state index in [4.69, 9.17) is 11.6 Å². The molecule has 27 heavy (non-hydrogen) atoms. The van der Waals surface area contributed by atoms with Crippen LogP contribution in [0.5, 0.6) is 0 Å². The molecule has 1 aliphatic rings. The predicted molar refractivity (Wildman–Crippen MR) is 113 cm³/mol. The highest BCUT2D eigenvalue weighted by atomic mass is 35.5. The van der Waals surface area contributed by atoms with Crippen LogP contribution in [0.3, 0.4) is 0 Å². The minimum atomic E-state index is -0.0617. The van der Waals surface area contributed by atoms with Gasteiger partial charge in [0.15, 0.2) is 0 Å². The molecule has 2 aromatic carbocycles. The fraction of sp³-hybridized carbons (Fsp3) is 0.250. The molecule has 0 saturated heterocycles. The van der Waals surface area contributed by atoms with Crippen molar-refractivity contribution in [1.82, 2.24) is 10.2 Å². The minimum absolute atomic E-state index is 0.0608. The SMILES string of the molecule is O=C(CSC(c1ccccc1)c1ccc(Cl)cc1)Nc1nnc(C2CC2)s1. The summed E-state index contributed by atoms with van der Waals surface area (Å²) in [6.45, 7) is 0. The maximum atomic E-state index is 12.4. The Balaban J connectivity index is 1.43. The van der Waals surface area contributed by atoms with Crippen LogP contribution in [0.1, 0.15) is 40.1 Å². The van der Waals surface area contributed by atoms with Crippen LogP contribution in [-0.4, -0.2) is 21.9 Å². The van der Waals surface area contributed by atoms with Gasteiger partial charge in [-0.25, -0.2) is 0 Å². The molecule has 1 saturated carbocycles. The van der Waals surface area contributed by atoms with Crippen molar-refractivity contribution in [2.45, 2.75) is 24.0 Å². The van der Waals surface area contributed by atoms with Gasteiger partial charge in [-0.1, -0.05) is 65.4 Å². The van der Waals surface area contributed by atoms with Gasteiger partial charge in [-0.05, 0) is 36.1 Å². The van der Waals surface area contributed by atoms with Gasteiger partial charge in [0.05, 0.1) is 11.0 Å². The zero-order valence-corrected chi connectivity index (χ0v) is 16.9. The number of nitrogens with zero attached hydrogens (tertiary/aromatic N) is 2. The van der Waals surface area contributed by atoms with Crippen molar-refractivity contribution in [1.29, 1.82) is 0 Å². The summed E-state index contributed by atoms with van der Waals surface area (Å²) in [6.07, 6.45) is 2.36. The summed E-state index contributed by atoms with van der Waals surface area (Å²) < 4.78 is 0. The van der Waals surface area contributed by atoms with Crippen molar-refractivity contribution in [3.63, 3.8) is 0 Å². The Morgan fingerprint density at radius 3 is 2.52 bits per heavy atom. The number of carbonyl (C=O) groups is 1. The Morgan fingerprint density at radius 2 is 1.81 bits per heavy atom. The molecule has 0 aliphatic heterocycles. The zero-order valence-electron chi connectivity index (χ0n) is 14.5. The van der Waals surface area contributed by atoms with Crippen molar-refractivity contribution in [3.8, 4) is 0 Å². The zero-order chi connectivity index (χ0) is 18.6. The Bertz CT molecular complexity index is 910. The second-order valence-corrected chi connectivity index (χ2v) is 8.96. The van der Waals surface area contributed by atoms with Crippen molar-refractivity contribution in [3.05, 3.63) is 75.8 Å². The number of rotatable bonds is 7. The van der Waals surface area contributed by atoms with Crippen molar-refractivity contribution < 1.29 is 4.79 Å². The molecule has 4 rings (SSSR count). The molecule has 1 amide bonds. The molecule has 4 nitrogen and oxygen atoms in total. The lowest BCUT2D eigenvalue weighted by Gasteiger charge is -2.17. The quantitative estimate of drug-likeness (QED) is 0.551. The van der Waals surface area contributed by atoms with Crippen LogP contribution in [0.2, 0.25) is 5.02 Å². The normalized spacial score (nSPS) is 14.7. The maximum absolute atomic E-state index is 12.4. The number of thioether (sulfide) groups is 1. The van der Waals surface area contributed by atoms with Gasteiger partial charge in [0.1, 0.15) is 5.01 Å². The molecule has 1 fully saturated rings. The van der Waals surface area contributed by atoms with Gasteiger partial charge < -0.3 is 0 Å². The number of aromatic nitrogens is 2. The lowest BCUT2D eigenvalue weighted by atomic mass is 10.0. The summed E-state index contributed by atoms with van der Waals surface area (Å²) in [4.78, 5) is 12.4. The topological polar surface area (TPSA) is 54.9 Å². The molecular weight excluding hydrogens is 398 g/mol. The van der Waals surface area contributed by atoms with Gasteiger partial charge in [-0.15, -0.1) is 22.0 Å². The lowest BCUT2D eigenvalue weighted by Crippen LogP contribution is -2.15. The second kappa shape index (κ2) is 8.42. The molecule has 138 valence electrons. The van der Waals surface area contributed by atoms with E-state index in [9.17, 15) is 4.79 Å². The number of halogens is 1. The second-order valence-electron chi connectivity index (χ2n) is 6.42. The number of nitrogens with one attached hydrogen (secondary N) is 1. The highest BCUT2D eigenvalue weighted by Crippen LogP contribution is 2.42. The Labute approximate surface area is 171 Å². The summed E-state index contributed by atoms with van der Waals surface area (Å²) in [7, 11) is 0. The first-order valence-electron chi connectivity index (χ1n) is 8.74. The molecule has 0 bridgehead atoms. The van der Waals surface area contributed by atoms with Crippen LogP contribution >= 0.6 is 34.7 Å². The monoisotopic (exact) mass is 415 g/mol. The summed E-state index contributed by atoms with van der Waals surface area (Å²) in [5.74, 6) is 0.823. The molecule has 1 aliphatic carbocycles. The number of amides is 1. The summed E-state index contributed by atoms with van der Waals surface area (Å²) >= 11 is 9.10. The molecule has 3 aromatic rings. The van der Waals surface area contributed by atoms with E-state index >= 15 is 0 Å². The van der Waals surface area contributed by atoms with E-state index in [1.807, 2.05) is 42.5 Å². The fourth-order valence-electron chi connectivity index (χ4n) is 2.75. The molecule has 1 atom stereocenters. The standard InChI is InChI=1S/C20H18ClN3OS2/c21-16-10-8-14(9-11-16)18(13-4-2-1-3-5-13)26-12-17(25)22-20-24-23-19(27-20)15-6-7-15/h1-5,8-11,15,18H,6-7,12H2,(H,22,24,25). The van der Waals surface area contributed by atoms with Gasteiger partial charge in [0.2, 0.25) is 11.0 Å². The molecule has 1 aromatic heterocycles. The third kappa shape index (κ3) is 4.89. The lowest BCUT2D eigenvalue weighted by molar-refractivity contribution is -0.113. The Kier molecular flexibility index (Phi) is 5.76. The maximum Gasteiger partial charge on any atom is 0.236 e. The summed E-state index contributed by atoms with van der Waals surface area (Å²) in [5, 5.41) is 13.5. The van der Waals surface area contributed by atoms with E-state index in [0.29, 0.717) is 21.8 Å². The number of hydrogen-bond donors (Lipinski definition) is 1. The third-order valence-corrected chi connectivity index (χ3v) is 6.83. The first kappa shape index (κ1) is 18.5. The van der Waals surface area contributed by atoms with Crippen LogP contribution in [0.25, 0.3) is 0 Å². The van der Waals surface area contributed by atoms with Gasteiger partial charge in [0.25, 0.3) is 0 Å². The van der Waals surface area contributed by atoms with Crippen molar-refractivity contribution >= 4 is 45.7 Å². The smallest absolute Gasteiger partial charge is 0.236 e. The molecule has 0 radical (unpaired) electrons. The van der Waals surface area contributed by atoms with E-state index in [1.54, 1.807) is 11.8 Å². The Hall–Kier alpha value is -1.89. The first-order valence-corrected chi connectivity index (χ1v) is 11.0. The largest absolute Gasteiger partial charge is 0.300 e. The molecule has 1 heterocycles. The van der Waals surface area contributed by atoms with Crippen LogP contribution in [0.15, 0.2) is 54.6 Å². The van der Waals surface area contributed by atoms with Gasteiger partial charge in [-0.2, -0.15) is 0 Å². The average molecular weight is 416 g/mol. The molecule has 0 spiro atoms. The fourth-order valence-corrected chi connectivity index (χ4v) is 4.89. The number of benzene rings is 2. The van der Waals surface area contributed by atoms with E-state index in [-0.39, 0.29) is 11.2 Å². The molecule has 1 N–H and O–H groups in total. The number of hydrogen-bond acceptors (Lipinski definition) is 5. The Morgan fingerprint density at radius 1 is 1.11 bits per heavy atom. The van der Waals surface area contributed by atoms with E-state index < -0.39 is 0 Å². The van der Waals surface area contributed by atoms with E-state index in [2.05, 4.69) is 27.6 Å². The molecule has 1 unspecified atom stereocenters. The highest BCUT2D eigenvalue weighted by molar-refractivity contribution is 8.00. The van der Waals surface area contributed by atoms with Gasteiger partial charge in [-0.3, -0.25) is 10.1 Å². The predicted octanol–water partition coefficient (Wildman–Crippen LogP) is 5.53. The van der Waals surface area contributed by atoms with Crippen molar-refractivity contribution in [2.24, 2.45) is 0 Å². The number of carbonyl (C=O) groups excluding carboxylic acids is 1. The highest BCUT2D eigenvalue weighted by Gasteiger charge is 2.27. The van der Waals surface area contributed by atoms with Crippen LogP contribution in [0.4, 0.5) is 5.13 Å². The average Bonchev–Trinajstić information content (AvgIpc) is 3.44. The summed E-state index contributed by atoms with van der Waals surface area (Å²) in [6, 6.07) is 18.0. The van der Waals surface area contributed by atoms with Gasteiger partial charge in [0, 0.05) is 10.9 Å². The first-order chi connectivity index (χ1) is 13.2. The van der Waals surface area contributed by atoms with Gasteiger partial charge >= 0.3 is 0 Å². The third-order valence-electron chi connectivity index (χ3n) is 4.27. The minimum Gasteiger partial charge on any atom is -0.300 e. The number of anilines is 1. The van der Waals surface area contributed by atoms with Crippen molar-refractivity contribution in [2.75, 3.05) is 11.1 Å². The molecular formula is C20H18ClN3OS2. The van der Waals surface area contributed by atoms with Crippen LogP contribution in [-0.2, 0) is 4.79 Å².